The molecule has 1 aromatic carbocycles. The Morgan fingerprint density at radius 1 is 1.47 bits per heavy atom. The first-order chi connectivity index (χ1) is 8.16. The molecule has 86 valence electrons. The molecule has 17 heavy (non-hydrogen) atoms. The number of nitrogens with zero attached hydrogens (tertiary/aromatic N) is 2. The van der Waals surface area contributed by atoms with Gasteiger partial charge in [-0.15, -0.1) is 0 Å². The van der Waals surface area contributed by atoms with Crippen molar-refractivity contribution in [1.29, 1.82) is 0 Å². The van der Waals surface area contributed by atoms with E-state index in [0.717, 1.165) is 21.8 Å². The Bertz CT molecular complexity index is 562. The normalized spacial score (nSPS) is 10.9. The second-order valence-electron chi connectivity index (χ2n) is 3.34. The van der Waals surface area contributed by atoms with Gasteiger partial charge >= 0.3 is 5.97 Å². The molecule has 0 atom stereocenters. The molecule has 0 unspecified atom stereocenters. The topological polar surface area (TPSA) is 55.1 Å². The SMILES string of the molecule is O=C(O)/C=C/c1cc(Br)ccc1-n1ccnc1. The largest absolute Gasteiger partial charge is 0.478 e. The van der Waals surface area contributed by atoms with Crippen LogP contribution in [0.2, 0.25) is 0 Å². The van der Waals surface area contributed by atoms with Crippen LogP contribution in [0, 0.1) is 0 Å². The summed E-state index contributed by atoms with van der Waals surface area (Å²) in [6.07, 6.45) is 7.82. The first-order valence-electron chi connectivity index (χ1n) is 4.86. The van der Waals surface area contributed by atoms with Crippen molar-refractivity contribution in [3.63, 3.8) is 0 Å². The molecule has 1 aromatic heterocycles. The van der Waals surface area contributed by atoms with Crippen LogP contribution in [-0.4, -0.2) is 20.6 Å². The summed E-state index contributed by atoms with van der Waals surface area (Å²) >= 11 is 3.36. The number of hydrogen-bond donors (Lipinski definition) is 1. The Morgan fingerprint density at radius 2 is 2.29 bits per heavy atom. The van der Waals surface area contributed by atoms with Gasteiger partial charge in [0.25, 0.3) is 0 Å². The summed E-state index contributed by atoms with van der Waals surface area (Å²) in [5.41, 5.74) is 1.68. The van der Waals surface area contributed by atoms with Crippen molar-refractivity contribution in [2.75, 3.05) is 0 Å². The summed E-state index contributed by atoms with van der Waals surface area (Å²) in [6, 6.07) is 5.65. The minimum atomic E-state index is -0.971. The van der Waals surface area contributed by atoms with E-state index in [2.05, 4.69) is 20.9 Å². The van der Waals surface area contributed by atoms with Crippen molar-refractivity contribution in [1.82, 2.24) is 9.55 Å². The van der Waals surface area contributed by atoms with Crippen LogP contribution in [0.4, 0.5) is 0 Å². The maximum Gasteiger partial charge on any atom is 0.328 e. The zero-order valence-corrected chi connectivity index (χ0v) is 10.3. The van der Waals surface area contributed by atoms with E-state index in [1.807, 2.05) is 22.8 Å². The lowest BCUT2D eigenvalue weighted by Crippen LogP contribution is -1.94. The fraction of sp³-hybridized carbons (Fsp3) is 0. The molecule has 0 aliphatic rings. The molecular weight excluding hydrogens is 284 g/mol. The lowest BCUT2D eigenvalue weighted by molar-refractivity contribution is -0.131. The summed E-state index contributed by atoms with van der Waals surface area (Å²) in [5.74, 6) is -0.971. The number of benzene rings is 1. The second-order valence-corrected chi connectivity index (χ2v) is 4.26. The van der Waals surface area contributed by atoms with Gasteiger partial charge in [0, 0.05) is 22.9 Å². The Balaban J connectivity index is 2.48. The summed E-state index contributed by atoms with van der Waals surface area (Å²) in [6.45, 7) is 0. The maximum atomic E-state index is 10.5. The number of aromatic nitrogens is 2. The second kappa shape index (κ2) is 4.97. The molecule has 0 saturated carbocycles. The summed E-state index contributed by atoms with van der Waals surface area (Å²) < 4.78 is 2.72. The zero-order chi connectivity index (χ0) is 12.3. The van der Waals surface area contributed by atoms with Gasteiger partial charge < -0.3 is 9.67 Å². The van der Waals surface area contributed by atoms with Crippen molar-refractivity contribution in [2.24, 2.45) is 0 Å². The van der Waals surface area contributed by atoms with Gasteiger partial charge in [0.1, 0.15) is 0 Å². The van der Waals surface area contributed by atoms with Crippen molar-refractivity contribution in [3.8, 4) is 5.69 Å². The molecule has 0 radical (unpaired) electrons. The first kappa shape index (κ1) is 11.6. The van der Waals surface area contributed by atoms with Crippen LogP contribution in [0.25, 0.3) is 11.8 Å². The van der Waals surface area contributed by atoms with Crippen LogP contribution in [0.1, 0.15) is 5.56 Å². The van der Waals surface area contributed by atoms with Crippen LogP contribution in [0.5, 0.6) is 0 Å². The maximum absolute atomic E-state index is 10.5. The van der Waals surface area contributed by atoms with E-state index in [4.69, 9.17) is 5.11 Å². The van der Waals surface area contributed by atoms with E-state index < -0.39 is 5.97 Å². The van der Waals surface area contributed by atoms with E-state index in [-0.39, 0.29) is 0 Å². The van der Waals surface area contributed by atoms with E-state index in [9.17, 15) is 4.79 Å². The van der Waals surface area contributed by atoms with E-state index >= 15 is 0 Å². The van der Waals surface area contributed by atoms with Gasteiger partial charge in [0.2, 0.25) is 0 Å². The third-order valence-corrected chi connectivity index (χ3v) is 2.67. The fourth-order valence-electron chi connectivity index (χ4n) is 1.46. The first-order valence-corrected chi connectivity index (χ1v) is 5.65. The number of imidazole rings is 1. The summed E-state index contributed by atoms with van der Waals surface area (Å²) in [7, 11) is 0. The predicted octanol–water partition coefficient (Wildman–Crippen LogP) is 2.73. The number of aliphatic carboxylic acids is 1. The predicted molar refractivity (Wildman–Crippen MR) is 67.9 cm³/mol. The Labute approximate surface area is 106 Å². The monoisotopic (exact) mass is 292 g/mol. The molecule has 0 aliphatic heterocycles. The van der Waals surface area contributed by atoms with Crippen molar-refractivity contribution in [3.05, 3.63) is 53.0 Å². The minimum Gasteiger partial charge on any atom is -0.478 e. The number of carboxylic acids is 1. The molecule has 0 saturated heterocycles. The van der Waals surface area contributed by atoms with Crippen molar-refractivity contribution in [2.45, 2.75) is 0 Å². The molecule has 0 aliphatic carbocycles. The zero-order valence-electron chi connectivity index (χ0n) is 8.75. The van der Waals surface area contributed by atoms with Crippen LogP contribution >= 0.6 is 15.9 Å². The van der Waals surface area contributed by atoms with E-state index in [1.54, 1.807) is 24.8 Å². The quantitative estimate of drug-likeness (QED) is 0.885. The number of hydrogen-bond acceptors (Lipinski definition) is 2. The highest BCUT2D eigenvalue weighted by Crippen LogP contribution is 2.21. The highest BCUT2D eigenvalue weighted by Gasteiger charge is 2.03. The molecule has 1 N–H and O–H groups in total. The van der Waals surface area contributed by atoms with Crippen LogP contribution in [-0.2, 0) is 4.79 Å². The molecule has 4 nitrogen and oxygen atoms in total. The Hall–Kier alpha value is -1.88. The average molecular weight is 293 g/mol. The van der Waals surface area contributed by atoms with Gasteiger partial charge in [-0.1, -0.05) is 15.9 Å². The average Bonchev–Trinajstić information content (AvgIpc) is 2.80. The molecule has 2 rings (SSSR count). The van der Waals surface area contributed by atoms with Gasteiger partial charge in [0.15, 0.2) is 0 Å². The van der Waals surface area contributed by atoms with Gasteiger partial charge in [-0.25, -0.2) is 9.78 Å². The molecule has 0 fully saturated rings. The molecule has 0 bridgehead atoms. The standard InChI is InChI=1S/C12H9BrN2O2/c13-10-2-3-11(15-6-5-14-8-15)9(7-10)1-4-12(16)17/h1-8H,(H,16,17)/b4-1+. The smallest absolute Gasteiger partial charge is 0.328 e. The third-order valence-electron chi connectivity index (χ3n) is 2.18. The third kappa shape index (κ3) is 2.82. The fourth-order valence-corrected chi connectivity index (χ4v) is 1.84. The lowest BCUT2D eigenvalue weighted by atomic mass is 10.1. The van der Waals surface area contributed by atoms with E-state index in [1.165, 1.54) is 0 Å². The number of carbonyl (C=O) groups is 1. The molecule has 2 aromatic rings. The van der Waals surface area contributed by atoms with Crippen molar-refractivity contribution >= 4 is 28.0 Å². The molecule has 0 amide bonds. The molecule has 5 heteroatoms. The van der Waals surface area contributed by atoms with Crippen LogP contribution < -0.4 is 0 Å². The molecule has 0 spiro atoms. The summed E-state index contributed by atoms with van der Waals surface area (Å²) in [4.78, 5) is 14.5. The highest BCUT2D eigenvalue weighted by molar-refractivity contribution is 9.10. The minimum absolute atomic E-state index is 0.805. The summed E-state index contributed by atoms with van der Waals surface area (Å²) in [5, 5.41) is 8.65. The van der Waals surface area contributed by atoms with Gasteiger partial charge in [-0.05, 0) is 29.8 Å². The molecule has 1 heterocycles. The van der Waals surface area contributed by atoms with Crippen molar-refractivity contribution < 1.29 is 9.90 Å². The molecular formula is C12H9BrN2O2. The Kier molecular flexibility index (Phi) is 3.39. The number of rotatable bonds is 3. The van der Waals surface area contributed by atoms with E-state index in [0.29, 0.717) is 0 Å². The van der Waals surface area contributed by atoms with Gasteiger partial charge in [-0.3, -0.25) is 0 Å². The van der Waals surface area contributed by atoms with Gasteiger partial charge in [0.05, 0.1) is 12.0 Å². The van der Waals surface area contributed by atoms with Gasteiger partial charge in [-0.2, -0.15) is 0 Å². The number of halogens is 1. The highest BCUT2D eigenvalue weighted by atomic mass is 79.9. The lowest BCUT2D eigenvalue weighted by Gasteiger charge is -2.07. The number of carboxylic acid groups (broad SMARTS) is 1. The van der Waals surface area contributed by atoms with Crippen LogP contribution in [0.15, 0.2) is 47.5 Å². The Morgan fingerprint density at radius 3 is 2.94 bits per heavy atom. The van der Waals surface area contributed by atoms with Crippen LogP contribution in [0.3, 0.4) is 0 Å².